The minimum absolute atomic E-state index is 0.0734. The minimum atomic E-state index is -4.13. The van der Waals surface area contributed by atoms with E-state index in [0.29, 0.717) is 0 Å². The van der Waals surface area contributed by atoms with Crippen molar-refractivity contribution in [3.8, 4) is 0 Å². The molecule has 9 heteroatoms. The van der Waals surface area contributed by atoms with E-state index in [-0.39, 0.29) is 38.3 Å². The quantitative estimate of drug-likeness (QED) is 0.315. The Labute approximate surface area is 139 Å². The summed E-state index contributed by atoms with van der Waals surface area (Å²) in [5.41, 5.74) is 0. The van der Waals surface area contributed by atoms with Crippen molar-refractivity contribution in [3.05, 3.63) is 25.3 Å². The van der Waals surface area contributed by atoms with Gasteiger partial charge in [0.05, 0.1) is 26.4 Å². The minimum Gasteiger partial charge on any atom is -0.286 e. The van der Waals surface area contributed by atoms with Gasteiger partial charge in [0, 0.05) is 0 Å². The zero-order valence-electron chi connectivity index (χ0n) is 14.3. The Morgan fingerprint density at radius 2 is 1.13 bits per heavy atom. The van der Waals surface area contributed by atoms with E-state index in [4.69, 9.17) is 22.4 Å². The summed E-state index contributed by atoms with van der Waals surface area (Å²) in [6, 6.07) is 0. The Balaban J connectivity index is 5.13. The molecule has 0 radical (unpaired) electrons. The van der Waals surface area contributed by atoms with Crippen molar-refractivity contribution in [2.24, 2.45) is 11.8 Å². The Hall–Kier alpha value is -0.260. The van der Waals surface area contributed by atoms with Crippen LogP contribution in [0.4, 0.5) is 0 Å². The van der Waals surface area contributed by atoms with E-state index < -0.39 is 15.6 Å². The summed E-state index contributed by atoms with van der Waals surface area (Å²) in [5.74, 6) is 0.147. The topological polar surface area (TPSA) is 80.3 Å². The number of hydrogen-bond donors (Lipinski definition) is 0. The van der Waals surface area contributed by atoms with Gasteiger partial charge in [-0.15, -0.1) is 13.2 Å². The molecule has 2 unspecified atom stereocenters. The lowest BCUT2D eigenvalue weighted by Crippen LogP contribution is -2.09. The van der Waals surface area contributed by atoms with Crippen LogP contribution < -0.4 is 0 Å². The fourth-order valence-corrected chi connectivity index (χ4v) is 4.48. The van der Waals surface area contributed by atoms with Gasteiger partial charge in [-0.1, -0.05) is 39.8 Å². The molecule has 23 heavy (non-hydrogen) atoms. The van der Waals surface area contributed by atoms with Crippen LogP contribution >= 0.6 is 15.6 Å². The molecular formula is C14H28O7P2. The maximum absolute atomic E-state index is 12.6. The summed E-state index contributed by atoms with van der Waals surface area (Å²) in [4.78, 5) is 0. The van der Waals surface area contributed by atoms with Crippen LogP contribution in [-0.4, -0.2) is 26.4 Å². The van der Waals surface area contributed by atoms with Crippen LogP contribution in [-0.2, 0) is 31.5 Å². The molecule has 2 atom stereocenters. The van der Waals surface area contributed by atoms with E-state index in [1.807, 2.05) is 27.7 Å². The van der Waals surface area contributed by atoms with Gasteiger partial charge in [0.15, 0.2) is 0 Å². The molecule has 0 aliphatic carbocycles. The van der Waals surface area contributed by atoms with Crippen LogP contribution in [0, 0.1) is 11.8 Å². The van der Waals surface area contributed by atoms with Crippen molar-refractivity contribution in [3.63, 3.8) is 0 Å². The highest BCUT2D eigenvalue weighted by Gasteiger charge is 2.40. The van der Waals surface area contributed by atoms with Crippen LogP contribution in [0.3, 0.4) is 0 Å². The van der Waals surface area contributed by atoms with E-state index in [2.05, 4.69) is 13.2 Å². The van der Waals surface area contributed by atoms with Crippen molar-refractivity contribution < 1.29 is 31.5 Å². The van der Waals surface area contributed by atoms with Gasteiger partial charge in [0.1, 0.15) is 0 Å². The van der Waals surface area contributed by atoms with Crippen LogP contribution in [0.25, 0.3) is 0 Å². The fourth-order valence-electron chi connectivity index (χ4n) is 1.06. The third-order valence-electron chi connectivity index (χ3n) is 2.03. The van der Waals surface area contributed by atoms with Gasteiger partial charge in [-0.25, -0.2) is 9.13 Å². The van der Waals surface area contributed by atoms with Gasteiger partial charge in [-0.05, 0) is 11.8 Å². The lowest BCUT2D eigenvalue weighted by Gasteiger charge is -2.23. The van der Waals surface area contributed by atoms with Crippen LogP contribution in [0.15, 0.2) is 25.3 Å². The van der Waals surface area contributed by atoms with Gasteiger partial charge >= 0.3 is 15.6 Å². The molecule has 0 aliphatic heterocycles. The Morgan fingerprint density at radius 3 is 1.39 bits per heavy atom. The summed E-state index contributed by atoms with van der Waals surface area (Å²) in [7, 11) is -8.26. The Kier molecular flexibility index (Phi) is 11.2. The second-order valence-corrected chi connectivity index (χ2v) is 9.00. The highest BCUT2D eigenvalue weighted by atomic mass is 31.3. The molecule has 0 aromatic rings. The average Bonchev–Trinajstić information content (AvgIpc) is 2.47. The monoisotopic (exact) mass is 370 g/mol. The van der Waals surface area contributed by atoms with E-state index in [0.717, 1.165) is 0 Å². The van der Waals surface area contributed by atoms with Gasteiger partial charge in [0.2, 0.25) is 0 Å². The molecule has 0 saturated heterocycles. The lowest BCUT2D eigenvalue weighted by molar-refractivity contribution is 0.107. The van der Waals surface area contributed by atoms with Gasteiger partial charge in [-0.2, -0.15) is 4.31 Å². The van der Waals surface area contributed by atoms with Crippen molar-refractivity contribution in [1.82, 2.24) is 0 Å². The molecule has 0 aliphatic rings. The fraction of sp³-hybridized carbons (Fsp3) is 0.714. The predicted molar refractivity (Wildman–Crippen MR) is 90.2 cm³/mol. The standard InChI is InChI=1S/C14H28O7P2/c1-7-9-17-22(15,19-11-13(3)4)21-23(16,18-10-8-2)20-12-14(5)6/h7-8,13-14H,1-2,9-12H2,3-6H3. The molecule has 0 amide bonds. The maximum Gasteiger partial charge on any atom is 0.484 e. The molecule has 136 valence electrons. The summed E-state index contributed by atoms with van der Waals surface area (Å²) in [5, 5.41) is 0. The maximum atomic E-state index is 12.6. The van der Waals surface area contributed by atoms with E-state index in [1.165, 1.54) is 12.2 Å². The molecule has 0 aromatic carbocycles. The predicted octanol–water partition coefficient (Wildman–Crippen LogP) is 4.97. The first-order chi connectivity index (χ1) is 10.7. The van der Waals surface area contributed by atoms with E-state index >= 15 is 0 Å². The normalized spacial score (nSPS) is 17.0. The molecule has 0 bridgehead atoms. The molecule has 0 saturated carbocycles. The average molecular weight is 370 g/mol. The molecule has 0 fully saturated rings. The van der Waals surface area contributed by atoms with Crippen molar-refractivity contribution in [2.45, 2.75) is 27.7 Å². The summed E-state index contributed by atoms with van der Waals surface area (Å²) in [6.07, 6.45) is 2.75. The second-order valence-electron chi connectivity index (χ2n) is 5.52. The first-order valence-electron chi connectivity index (χ1n) is 7.37. The first kappa shape index (κ1) is 22.7. The second kappa shape index (κ2) is 11.3. The zero-order valence-corrected chi connectivity index (χ0v) is 16.1. The van der Waals surface area contributed by atoms with E-state index in [9.17, 15) is 9.13 Å². The lowest BCUT2D eigenvalue weighted by atomic mass is 10.2. The van der Waals surface area contributed by atoms with Crippen molar-refractivity contribution in [2.75, 3.05) is 26.4 Å². The number of rotatable bonds is 14. The van der Waals surface area contributed by atoms with E-state index in [1.54, 1.807) is 0 Å². The van der Waals surface area contributed by atoms with Crippen molar-refractivity contribution in [1.29, 1.82) is 0 Å². The number of hydrogen-bond acceptors (Lipinski definition) is 7. The smallest absolute Gasteiger partial charge is 0.286 e. The third kappa shape index (κ3) is 11.0. The highest BCUT2D eigenvalue weighted by Crippen LogP contribution is 2.66. The van der Waals surface area contributed by atoms with Crippen LogP contribution in [0.1, 0.15) is 27.7 Å². The zero-order chi connectivity index (χ0) is 17.9. The highest BCUT2D eigenvalue weighted by molar-refractivity contribution is 7.62. The SMILES string of the molecule is C=CCOP(=O)(OCC(C)C)OP(=O)(OCC=C)OCC(C)C. The summed E-state index contributed by atoms with van der Waals surface area (Å²) in [6.45, 7) is 14.4. The van der Waals surface area contributed by atoms with Gasteiger partial charge < -0.3 is 0 Å². The summed E-state index contributed by atoms with van der Waals surface area (Å²) < 4.78 is 50.8. The Morgan fingerprint density at radius 1 is 0.783 bits per heavy atom. The van der Waals surface area contributed by atoms with Crippen LogP contribution in [0.2, 0.25) is 0 Å². The Bertz CT molecular complexity index is 408. The number of phosphoric ester groups is 2. The molecule has 0 heterocycles. The van der Waals surface area contributed by atoms with Crippen molar-refractivity contribution >= 4 is 15.6 Å². The molecule has 0 N–H and O–H groups in total. The van der Waals surface area contributed by atoms with Gasteiger partial charge in [-0.3, -0.25) is 18.1 Å². The summed E-state index contributed by atoms with van der Waals surface area (Å²) >= 11 is 0. The van der Waals surface area contributed by atoms with Crippen LogP contribution in [0.5, 0.6) is 0 Å². The molecular weight excluding hydrogens is 342 g/mol. The third-order valence-corrected chi connectivity index (χ3v) is 5.49. The molecule has 0 aromatic heterocycles. The first-order valence-corrected chi connectivity index (χ1v) is 10.3. The number of phosphoric acid groups is 2. The molecule has 0 spiro atoms. The molecule has 7 nitrogen and oxygen atoms in total. The largest absolute Gasteiger partial charge is 0.484 e. The van der Waals surface area contributed by atoms with Gasteiger partial charge in [0.25, 0.3) is 0 Å². The molecule has 0 rings (SSSR count).